The van der Waals surface area contributed by atoms with Crippen LogP contribution in [0.2, 0.25) is 0 Å². The zero-order valence-electron chi connectivity index (χ0n) is 22.1. The Morgan fingerprint density at radius 3 is 1.43 bits per heavy atom. The summed E-state index contributed by atoms with van der Waals surface area (Å²) in [7, 11) is -4.03. The molecule has 10 heteroatoms. The number of hydrogen-bond acceptors (Lipinski definition) is 6. The number of benzene rings is 1. The van der Waals surface area contributed by atoms with Crippen LogP contribution in [0.1, 0.15) is 33.3 Å². The molecule has 198 valence electrons. The average Bonchev–Trinajstić information content (AvgIpc) is 2.84. The summed E-state index contributed by atoms with van der Waals surface area (Å²) in [5, 5.41) is 0. The summed E-state index contributed by atoms with van der Waals surface area (Å²) in [6.07, 6.45) is 0. The van der Waals surface area contributed by atoms with Gasteiger partial charge in [0.05, 0.1) is 18.0 Å². The number of carbonyl (C=O) groups excluding carboxylic acids is 2. The highest BCUT2D eigenvalue weighted by molar-refractivity contribution is 7.89. The number of likely N-dealkylation sites (N-methyl/N-ethyl adjacent to an activating group) is 4. The third-order valence-electron chi connectivity index (χ3n) is 6.75. The van der Waals surface area contributed by atoms with Gasteiger partial charge >= 0.3 is 0 Å². The minimum atomic E-state index is -4.03. The topological polar surface area (TPSA) is 84.5 Å². The second-order valence-corrected chi connectivity index (χ2v) is 10.8. The van der Waals surface area contributed by atoms with Gasteiger partial charge < -0.3 is 19.6 Å². The van der Waals surface area contributed by atoms with Gasteiger partial charge in [-0.3, -0.25) is 9.59 Å². The maximum absolute atomic E-state index is 13.5. The molecule has 0 aliphatic carbocycles. The van der Waals surface area contributed by atoms with Crippen LogP contribution >= 0.6 is 0 Å². The molecule has 1 heterocycles. The molecule has 0 spiro atoms. The van der Waals surface area contributed by atoms with Gasteiger partial charge in [0.2, 0.25) is 21.8 Å². The number of nitrogens with zero attached hydrogens (tertiary/aromatic N) is 5. The predicted molar refractivity (Wildman–Crippen MR) is 139 cm³/mol. The molecule has 2 amide bonds. The van der Waals surface area contributed by atoms with E-state index >= 15 is 0 Å². The van der Waals surface area contributed by atoms with E-state index in [0.29, 0.717) is 26.2 Å². The Labute approximate surface area is 211 Å². The predicted octanol–water partition coefficient (Wildman–Crippen LogP) is 1.34. The molecule has 0 unspecified atom stereocenters. The van der Waals surface area contributed by atoms with Crippen LogP contribution in [0.3, 0.4) is 0 Å². The summed E-state index contributed by atoms with van der Waals surface area (Å²) in [5.41, 5.74) is 0.934. The Bertz CT molecular complexity index is 884. The van der Waals surface area contributed by atoms with Crippen molar-refractivity contribution in [2.75, 3.05) is 78.5 Å². The lowest BCUT2D eigenvalue weighted by molar-refractivity contribution is -0.133. The first-order valence-corrected chi connectivity index (χ1v) is 14.2. The van der Waals surface area contributed by atoms with Crippen LogP contribution in [0.5, 0.6) is 0 Å². The lowest BCUT2D eigenvalue weighted by atomic mass is 10.2. The Morgan fingerprint density at radius 2 is 1.06 bits per heavy atom. The number of rotatable bonds is 6. The van der Waals surface area contributed by atoms with Crippen LogP contribution in [0.15, 0.2) is 29.2 Å². The van der Waals surface area contributed by atoms with E-state index in [9.17, 15) is 18.0 Å². The van der Waals surface area contributed by atoms with Crippen LogP contribution in [0, 0.1) is 6.92 Å². The minimum absolute atomic E-state index is 0.0852. The Kier molecular flexibility index (Phi) is 11.6. The second kappa shape index (κ2) is 13.9. The van der Waals surface area contributed by atoms with E-state index in [-0.39, 0.29) is 29.8 Å². The molecule has 0 bridgehead atoms. The van der Waals surface area contributed by atoms with Crippen molar-refractivity contribution in [3.8, 4) is 0 Å². The van der Waals surface area contributed by atoms with E-state index in [0.717, 1.165) is 49.1 Å². The van der Waals surface area contributed by atoms with Gasteiger partial charge in [0.15, 0.2) is 0 Å². The molecule has 0 N–H and O–H groups in total. The SMILES string of the molecule is CCN1CCN(CC)CCN(CC)C(=O)CN(S(=O)(=O)c2ccc(C)cc2)CC(=O)N(CC)CC1. The quantitative estimate of drug-likeness (QED) is 0.576. The number of hydrogen-bond donors (Lipinski definition) is 0. The van der Waals surface area contributed by atoms with Crippen molar-refractivity contribution in [3.63, 3.8) is 0 Å². The highest BCUT2D eigenvalue weighted by atomic mass is 32.2. The fraction of sp³-hybridized carbons (Fsp3) is 0.680. The van der Waals surface area contributed by atoms with E-state index in [4.69, 9.17) is 0 Å². The maximum atomic E-state index is 13.5. The second-order valence-electron chi connectivity index (χ2n) is 8.90. The molecule has 0 radical (unpaired) electrons. The normalized spacial score (nSPS) is 19.6. The van der Waals surface area contributed by atoms with Crippen LogP contribution in [0.25, 0.3) is 0 Å². The molecule has 1 aromatic carbocycles. The highest BCUT2D eigenvalue weighted by Gasteiger charge is 2.31. The van der Waals surface area contributed by atoms with E-state index in [1.54, 1.807) is 21.9 Å². The molecule has 1 aromatic rings. The number of sulfonamides is 1. The first-order chi connectivity index (χ1) is 16.7. The van der Waals surface area contributed by atoms with Crippen molar-refractivity contribution in [3.05, 3.63) is 29.8 Å². The Balaban J connectivity index is 2.41. The standard InChI is InChI=1S/C25H43N5O4S/c1-6-26-14-15-27(7-2)17-19-29(9-4)25(32)21-30(20-24(31)28(8-3)18-16-26)35(33,34)23-12-10-22(5)11-13-23/h10-13H,6-9,14-21H2,1-5H3. The van der Waals surface area contributed by atoms with Crippen molar-refractivity contribution in [1.29, 1.82) is 0 Å². The Hall–Kier alpha value is -2.01. The summed E-state index contributed by atoms with van der Waals surface area (Å²) in [5.74, 6) is -0.583. The number of amides is 2. The van der Waals surface area contributed by atoms with Crippen molar-refractivity contribution < 1.29 is 18.0 Å². The van der Waals surface area contributed by atoms with Crippen LogP contribution in [-0.2, 0) is 19.6 Å². The van der Waals surface area contributed by atoms with Crippen LogP contribution in [-0.4, -0.2) is 123 Å². The summed E-state index contributed by atoms with van der Waals surface area (Å²) < 4.78 is 28.1. The van der Waals surface area contributed by atoms with Gasteiger partial charge in [-0.1, -0.05) is 31.5 Å². The lowest BCUT2D eigenvalue weighted by Gasteiger charge is -2.29. The molecule has 35 heavy (non-hydrogen) atoms. The molecule has 1 fully saturated rings. The van der Waals surface area contributed by atoms with Gasteiger partial charge in [-0.15, -0.1) is 0 Å². The Morgan fingerprint density at radius 1 is 0.657 bits per heavy atom. The van der Waals surface area contributed by atoms with Crippen molar-refractivity contribution in [2.24, 2.45) is 0 Å². The third-order valence-corrected chi connectivity index (χ3v) is 8.56. The molecule has 1 saturated heterocycles. The van der Waals surface area contributed by atoms with Gasteiger partial charge in [0, 0.05) is 52.4 Å². The van der Waals surface area contributed by atoms with Gasteiger partial charge in [-0.05, 0) is 46.0 Å². The molecular weight excluding hydrogens is 466 g/mol. The molecule has 0 atom stereocenters. The summed E-state index contributed by atoms with van der Waals surface area (Å²) >= 11 is 0. The fourth-order valence-corrected chi connectivity index (χ4v) is 5.51. The maximum Gasteiger partial charge on any atom is 0.244 e. The molecule has 1 aliphatic heterocycles. The van der Waals surface area contributed by atoms with Gasteiger partial charge in [0.1, 0.15) is 0 Å². The largest absolute Gasteiger partial charge is 0.341 e. The van der Waals surface area contributed by atoms with Crippen molar-refractivity contribution >= 4 is 21.8 Å². The average molecular weight is 510 g/mol. The molecule has 2 rings (SSSR count). The third kappa shape index (κ3) is 8.27. The number of carbonyl (C=O) groups is 2. The van der Waals surface area contributed by atoms with Crippen LogP contribution < -0.4 is 0 Å². The van der Waals surface area contributed by atoms with E-state index in [1.807, 2.05) is 20.8 Å². The lowest BCUT2D eigenvalue weighted by Crippen LogP contribution is -2.49. The van der Waals surface area contributed by atoms with Crippen LogP contribution in [0.4, 0.5) is 0 Å². The van der Waals surface area contributed by atoms with E-state index < -0.39 is 10.0 Å². The van der Waals surface area contributed by atoms with Gasteiger partial charge in [0.25, 0.3) is 0 Å². The fourth-order valence-electron chi connectivity index (χ4n) is 4.17. The summed E-state index contributed by atoms with van der Waals surface area (Å²) in [6.45, 7) is 16.1. The van der Waals surface area contributed by atoms with Crippen molar-refractivity contribution in [1.82, 2.24) is 23.9 Å². The van der Waals surface area contributed by atoms with Crippen molar-refractivity contribution in [2.45, 2.75) is 39.5 Å². The first kappa shape index (κ1) is 29.2. The summed E-state index contributed by atoms with van der Waals surface area (Å²) in [4.78, 5) is 34.5. The van der Waals surface area contributed by atoms with E-state index in [2.05, 4.69) is 23.6 Å². The molecular formula is C25H43N5O4S. The molecule has 9 nitrogen and oxygen atoms in total. The van der Waals surface area contributed by atoms with Gasteiger partial charge in [-0.2, -0.15) is 4.31 Å². The van der Waals surface area contributed by atoms with E-state index in [1.165, 1.54) is 12.1 Å². The highest BCUT2D eigenvalue weighted by Crippen LogP contribution is 2.17. The zero-order chi connectivity index (χ0) is 26.0. The van der Waals surface area contributed by atoms with Gasteiger partial charge in [-0.25, -0.2) is 8.42 Å². The monoisotopic (exact) mass is 509 g/mol. The first-order valence-electron chi connectivity index (χ1n) is 12.7. The molecule has 1 aliphatic rings. The molecule has 0 saturated carbocycles. The number of aryl methyl sites for hydroxylation is 1. The zero-order valence-corrected chi connectivity index (χ0v) is 22.9. The smallest absolute Gasteiger partial charge is 0.244 e. The molecule has 0 aromatic heterocycles. The summed E-state index contributed by atoms with van der Waals surface area (Å²) in [6, 6.07) is 6.50. The minimum Gasteiger partial charge on any atom is -0.341 e.